The van der Waals surface area contributed by atoms with E-state index < -0.39 is 0 Å². The van der Waals surface area contributed by atoms with E-state index in [9.17, 15) is 4.39 Å². The van der Waals surface area contributed by atoms with Gasteiger partial charge < -0.3 is 0 Å². The van der Waals surface area contributed by atoms with Crippen molar-refractivity contribution in [3.05, 3.63) is 70.9 Å². The lowest BCUT2D eigenvalue weighted by Crippen LogP contribution is -2.05. The van der Waals surface area contributed by atoms with Crippen LogP contribution in [0.3, 0.4) is 0 Å². The number of aryl methyl sites for hydroxylation is 2. The Hall–Kier alpha value is -2.14. The Kier molecular flexibility index (Phi) is 5.23. The largest absolute Gasteiger partial charge is 0.262 e. The van der Waals surface area contributed by atoms with E-state index in [2.05, 4.69) is 50.0 Å². The van der Waals surface area contributed by atoms with Gasteiger partial charge in [-0.25, -0.2) is 4.39 Å². The number of benzene rings is 1. The van der Waals surface area contributed by atoms with Crippen molar-refractivity contribution in [2.75, 3.05) is 0 Å². The maximum atomic E-state index is 14.1. The number of pyridine rings is 1. The minimum atomic E-state index is -0.272. The lowest BCUT2D eigenvalue weighted by Gasteiger charge is -2.13. The molecule has 0 radical (unpaired) electrons. The molecule has 1 aromatic carbocycles. The Balaban J connectivity index is 2.04. The highest BCUT2D eigenvalue weighted by Crippen LogP contribution is 2.35. The van der Waals surface area contributed by atoms with Crippen molar-refractivity contribution in [1.82, 2.24) is 14.8 Å². The molecule has 25 heavy (non-hydrogen) atoms. The molecular weight excluding hydrogens is 333 g/mol. The van der Waals surface area contributed by atoms with Gasteiger partial charge in [-0.05, 0) is 51.5 Å². The molecule has 2 aromatic heterocycles. The smallest absolute Gasteiger partial charge is 0.145 e. The third-order valence-corrected chi connectivity index (χ3v) is 5.19. The van der Waals surface area contributed by atoms with Crippen LogP contribution in [0.25, 0.3) is 0 Å². The van der Waals surface area contributed by atoms with Gasteiger partial charge in [0.25, 0.3) is 0 Å². The summed E-state index contributed by atoms with van der Waals surface area (Å²) in [5, 5.41) is 5.79. The van der Waals surface area contributed by atoms with Gasteiger partial charge >= 0.3 is 0 Å². The lowest BCUT2D eigenvalue weighted by atomic mass is 10.1. The third-order valence-electron chi connectivity index (χ3n) is 4.08. The fourth-order valence-electron chi connectivity index (χ4n) is 2.75. The molecule has 0 atom stereocenters. The minimum Gasteiger partial charge on any atom is -0.262 e. The van der Waals surface area contributed by atoms with Crippen LogP contribution in [-0.4, -0.2) is 14.8 Å². The number of halogens is 1. The van der Waals surface area contributed by atoms with Crippen molar-refractivity contribution in [1.29, 1.82) is 0 Å². The molecule has 3 aromatic rings. The summed E-state index contributed by atoms with van der Waals surface area (Å²) in [5.41, 5.74) is 3.89. The molecule has 3 nitrogen and oxygen atoms in total. The van der Waals surface area contributed by atoms with Gasteiger partial charge in [-0.2, -0.15) is 5.10 Å². The van der Waals surface area contributed by atoms with Crippen molar-refractivity contribution in [2.45, 2.75) is 50.1 Å². The van der Waals surface area contributed by atoms with E-state index in [1.807, 2.05) is 11.6 Å². The van der Waals surface area contributed by atoms with Crippen LogP contribution in [0.1, 0.15) is 42.3 Å². The summed E-state index contributed by atoms with van der Waals surface area (Å²) in [6.45, 7) is 8.31. The van der Waals surface area contributed by atoms with Gasteiger partial charge in [0, 0.05) is 29.1 Å². The summed E-state index contributed by atoms with van der Waals surface area (Å²) in [7, 11) is 0. The summed E-state index contributed by atoms with van der Waals surface area (Å²) in [4.78, 5) is 5.01. The molecule has 0 amide bonds. The first-order valence-electron chi connectivity index (χ1n) is 8.36. The molecule has 0 aliphatic heterocycles. The monoisotopic (exact) mass is 355 g/mol. The van der Waals surface area contributed by atoms with E-state index >= 15 is 0 Å². The first-order valence-corrected chi connectivity index (χ1v) is 9.18. The average molecular weight is 355 g/mol. The molecule has 0 spiro atoms. The number of nitrogens with zero attached hydrogens (tertiary/aromatic N) is 3. The number of hydrogen-bond acceptors (Lipinski definition) is 3. The molecule has 2 heterocycles. The molecule has 0 aliphatic carbocycles. The summed E-state index contributed by atoms with van der Waals surface area (Å²) in [6, 6.07) is 10.4. The van der Waals surface area contributed by atoms with Crippen molar-refractivity contribution in [3.63, 3.8) is 0 Å². The van der Waals surface area contributed by atoms with Gasteiger partial charge in [0.15, 0.2) is 0 Å². The highest BCUT2D eigenvalue weighted by Gasteiger charge is 2.19. The molecule has 130 valence electrons. The SMILES string of the molecule is Cc1cccc(Sc2c(Cc3ccncc3F)c(C)nn2C(C)C)c1. The normalized spacial score (nSPS) is 11.3. The second-order valence-corrected chi connectivity index (χ2v) is 7.53. The Morgan fingerprint density at radius 1 is 1.20 bits per heavy atom. The second kappa shape index (κ2) is 7.40. The predicted molar refractivity (Wildman–Crippen MR) is 99.7 cm³/mol. The maximum absolute atomic E-state index is 14.1. The maximum Gasteiger partial charge on any atom is 0.145 e. The number of aromatic nitrogens is 3. The molecular formula is C20H22FN3S. The van der Waals surface area contributed by atoms with Crippen LogP contribution in [0, 0.1) is 19.7 Å². The second-order valence-electron chi connectivity index (χ2n) is 6.47. The van der Waals surface area contributed by atoms with Gasteiger partial charge in [-0.1, -0.05) is 29.5 Å². The predicted octanol–water partition coefficient (Wildman–Crippen LogP) is 5.36. The van der Waals surface area contributed by atoms with Crippen molar-refractivity contribution < 1.29 is 4.39 Å². The molecule has 0 fully saturated rings. The van der Waals surface area contributed by atoms with Crippen LogP contribution >= 0.6 is 11.8 Å². The quantitative estimate of drug-likeness (QED) is 0.617. The van der Waals surface area contributed by atoms with E-state index in [1.54, 1.807) is 24.0 Å². The van der Waals surface area contributed by atoms with E-state index in [4.69, 9.17) is 5.10 Å². The first kappa shape index (κ1) is 17.7. The zero-order valence-electron chi connectivity index (χ0n) is 15.0. The molecule has 0 aliphatic rings. The fraction of sp³-hybridized carbons (Fsp3) is 0.300. The summed E-state index contributed by atoms with van der Waals surface area (Å²) < 4.78 is 16.1. The van der Waals surface area contributed by atoms with Crippen LogP contribution in [-0.2, 0) is 6.42 Å². The number of rotatable bonds is 5. The summed E-state index contributed by atoms with van der Waals surface area (Å²) in [6.07, 6.45) is 3.42. The molecule has 5 heteroatoms. The molecule has 0 saturated carbocycles. The molecule has 0 bridgehead atoms. The zero-order chi connectivity index (χ0) is 18.0. The fourth-order valence-corrected chi connectivity index (χ4v) is 4.05. The van der Waals surface area contributed by atoms with Crippen LogP contribution in [0.2, 0.25) is 0 Å². The molecule has 3 rings (SSSR count). The highest BCUT2D eigenvalue weighted by molar-refractivity contribution is 7.99. The van der Waals surface area contributed by atoms with E-state index in [-0.39, 0.29) is 11.9 Å². The van der Waals surface area contributed by atoms with E-state index in [0.29, 0.717) is 12.0 Å². The minimum absolute atomic E-state index is 0.238. The van der Waals surface area contributed by atoms with Crippen LogP contribution in [0.4, 0.5) is 4.39 Å². The van der Waals surface area contributed by atoms with Crippen LogP contribution < -0.4 is 0 Å². The van der Waals surface area contributed by atoms with Gasteiger partial charge in [-0.3, -0.25) is 9.67 Å². The third kappa shape index (κ3) is 3.93. The molecule has 0 saturated heterocycles. The lowest BCUT2D eigenvalue weighted by molar-refractivity contribution is 0.489. The molecule has 0 unspecified atom stereocenters. The van der Waals surface area contributed by atoms with Gasteiger partial charge in [0.1, 0.15) is 10.8 Å². The van der Waals surface area contributed by atoms with E-state index in [1.165, 1.54) is 16.7 Å². The zero-order valence-corrected chi connectivity index (χ0v) is 15.8. The van der Waals surface area contributed by atoms with Crippen molar-refractivity contribution in [3.8, 4) is 0 Å². The standard InChI is InChI=1S/C20H22FN3S/c1-13(2)24-20(25-17-7-5-6-14(3)10-17)18(15(4)23-24)11-16-8-9-22-12-19(16)21/h5-10,12-13H,11H2,1-4H3. The summed E-state index contributed by atoms with van der Waals surface area (Å²) >= 11 is 1.69. The van der Waals surface area contributed by atoms with Crippen molar-refractivity contribution in [2.24, 2.45) is 0 Å². The molecule has 0 N–H and O–H groups in total. The average Bonchev–Trinajstić information content (AvgIpc) is 2.86. The Morgan fingerprint density at radius 2 is 2.00 bits per heavy atom. The summed E-state index contributed by atoms with van der Waals surface area (Å²) in [5.74, 6) is -0.272. The Morgan fingerprint density at radius 3 is 2.68 bits per heavy atom. The van der Waals surface area contributed by atoms with Gasteiger partial charge in [0.05, 0.1) is 11.9 Å². The topological polar surface area (TPSA) is 30.7 Å². The number of hydrogen-bond donors (Lipinski definition) is 0. The highest BCUT2D eigenvalue weighted by atomic mass is 32.2. The van der Waals surface area contributed by atoms with E-state index in [0.717, 1.165) is 16.3 Å². The Bertz CT molecular complexity index is 886. The van der Waals surface area contributed by atoms with Crippen molar-refractivity contribution >= 4 is 11.8 Å². The first-order chi connectivity index (χ1) is 12.0. The van der Waals surface area contributed by atoms with Crippen LogP contribution in [0.5, 0.6) is 0 Å². The Labute approximate surface area is 152 Å². The van der Waals surface area contributed by atoms with Crippen LogP contribution in [0.15, 0.2) is 52.6 Å². The van der Waals surface area contributed by atoms with Gasteiger partial charge in [-0.15, -0.1) is 0 Å². The van der Waals surface area contributed by atoms with Gasteiger partial charge in [0.2, 0.25) is 0 Å².